The van der Waals surface area contributed by atoms with E-state index >= 15 is 0 Å². The summed E-state index contributed by atoms with van der Waals surface area (Å²) < 4.78 is 18.9. The summed E-state index contributed by atoms with van der Waals surface area (Å²) in [6.45, 7) is 2.02. The predicted molar refractivity (Wildman–Crippen MR) is 62.6 cm³/mol. The molecule has 1 saturated heterocycles. The Kier molecular flexibility index (Phi) is 3.66. The molecule has 88 valence electrons. The van der Waals surface area contributed by atoms with Crippen LogP contribution in [0.15, 0.2) is 18.2 Å². The third-order valence-corrected chi connectivity index (χ3v) is 3.24. The summed E-state index contributed by atoms with van der Waals surface area (Å²) in [7, 11) is 2.09. The Morgan fingerprint density at radius 2 is 2.06 bits per heavy atom. The predicted octanol–water partition coefficient (Wildman–Crippen LogP) is 2.95. The summed E-state index contributed by atoms with van der Waals surface area (Å²) in [5.74, 6) is 0.0308. The lowest BCUT2D eigenvalue weighted by Crippen LogP contribution is -2.35. The van der Waals surface area contributed by atoms with Crippen molar-refractivity contribution in [1.29, 1.82) is 0 Å². The first kappa shape index (κ1) is 11.7. The minimum absolute atomic E-state index is 0.0847. The van der Waals surface area contributed by atoms with Crippen LogP contribution in [-0.4, -0.2) is 31.1 Å². The average molecular weight is 244 g/mol. The highest BCUT2D eigenvalue weighted by molar-refractivity contribution is 6.32. The summed E-state index contributed by atoms with van der Waals surface area (Å²) in [5, 5.41) is 0.0847. The molecule has 1 aliphatic rings. The molecule has 0 spiro atoms. The zero-order chi connectivity index (χ0) is 11.5. The van der Waals surface area contributed by atoms with Crippen LogP contribution in [0.25, 0.3) is 0 Å². The molecule has 0 saturated carbocycles. The zero-order valence-corrected chi connectivity index (χ0v) is 10.0. The Hall–Kier alpha value is -0.800. The summed E-state index contributed by atoms with van der Waals surface area (Å²) >= 11 is 5.83. The van der Waals surface area contributed by atoms with Gasteiger partial charge in [-0.25, -0.2) is 4.39 Å². The van der Waals surface area contributed by atoms with Crippen LogP contribution in [0.5, 0.6) is 5.75 Å². The normalized spacial score (nSPS) is 18.7. The Labute approximate surface area is 100.0 Å². The van der Waals surface area contributed by atoms with Crippen LogP contribution in [0.1, 0.15) is 12.8 Å². The van der Waals surface area contributed by atoms with Gasteiger partial charge in [0.25, 0.3) is 0 Å². The van der Waals surface area contributed by atoms with E-state index in [1.807, 2.05) is 0 Å². The number of hydrogen-bond acceptors (Lipinski definition) is 2. The van der Waals surface area contributed by atoms with Crippen molar-refractivity contribution in [3.63, 3.8) is 0 Å². The molecule has 2 rings (SSSR count). The highest BCUT2D eigenvalue weighted by Crippen LogP contribution is 2.29. The van der Waals surface area contributed by atoms with Crippen LogP contribution < -0.4 is 4.74 Å². The van der Waals surface area contributed by atoms with Crippen molar-refractivity contribution in [2.24, 2.45) is 0 Å². The van der Waals surface area contributed by atoms with Gasteiger partial charge in [-0.3, -0.25) is 0 Å². The molecule has 0 aliphatic carbocycles. The molecular weight excluding hydrogens is 229 g/mol. The maximum Gasteiger partial charge on any atom is 0.145 e. The van der Waals surface area contributed by atoms with Crippen molar-refractivity contribution in [3.8, 4) is 5.75 Å². The first-order valence-electron chi connectivity index (χ1n) is 5.46. The van der Waals surface area contributed by atoms with Gasteiger partial charge in [0, 0.05) is 13.1 Å². The monoisotopic (exact) mass is 243 g/mol. The van der Waals surface area contributed by atoms with Crippen molar-refractivity contribution in [2.45, 2.75) is 18.9 Å². The summed E-state index contributed by atoms with van der Waals surface area (Å²) in [6.07, 6.45) is 2.07. The lowest BCUT2D eigenvalue weighted by molar-refractivity contribution is 0.114. The fourth-order valence-electron chi connectivity index (χ4n) is 1.86. The molecule has 0 N–H and O–H groups in total. The first-order chi connectivity index (χ1) is 7.66. The second kappa shape index (κ2) is 5.02. The van der Waals surface area contributed by atoms with Crippen molar-refractivity contribution in [3.05, 3.63) is 29.0 Å². The van der Waals surface area contributed by atoms with Gasteiger partial charge in [-0.15, -0.1) is 0 Å². The SMILES string of the molecule is CN1CCC(Oc2cccc(F)c2Cl)CC1. The number of halogens is 2. The van der Waals surface area contributed by atoms with Gasteiger partial charge in [-0.2, -0.15) is 0 Å². The molecule has 1 heterocycles. The molecule has 0 amide bonds. The van der Waals surface area contributed by atoms with Crippen molar-refractivity contribution >= 4 is 11.6 Å². The molecule has 2 nitrogen and oxygen atoms in total. The minimum atomic E-state index is -0.424. The molecule has 1 aliphatic heterocycles. The van der Waals surface area contributed by atoms with Crippen LogP contribution in [-0.2, 0) is 0 Å². The van der Waals surface area contributed by atoms with E-state index in [2.05, 4.69) is 11.9 Å². The van der Waals surface area contributed by atoms with E-state index in [-0.39, 0.29) is 11.1 Å². The quantitative estimate of drug-likeness (QED) is 0.792. The fourth-order valence-corrected chi connectivity index (χ4v) is 2.03. The van der Waals surface area contributed by atoms with Gasteiger partial charge < -0.3 is 9.64 Å². The van der Waals surface area contributed by atoms with E-state index < -0.39 is 5.82 Å². The Balaban J connectivity index is 2.01. The van der Waals surface area contributed by atoms with Crippen molar-refractivity contribution in [2.75, 3.05) is 20.1 Å². The molecule has 0 radical (unpaired) electrons. The molecule has 16 heavy (non-hydrogen) atoms. The van der Waals surface area contributed by atoms with E-state index in [1.165, 1.54) is 6.07 Å². The van der Waals surface area contributed by atoms with Crippen LogP contribution in [0.3, 0.4) is 0 Å². The molecule has 1 aromatic carbocycles. The maximum absolute atomic E-state index is 13.2. The van der Waals surface area contributed by atoms with Gasteiger partial charge >= 0.3 is 0 Å². The molecule has 4 heteroatoms. The Bertz CT molecular complexity index is 364. The summed E-state index contributed by atoms with van der Waals surface area (Å²) in [4.78, 5) is 2.26. The number of hydrogen-bond donors (Lipinski definition) is 0. The standard InChI is InChI=1S/C12H15ClFNO/c1-15-7-5-9(6-8-15)16-11-4-2-3-10(14)12(11)13/h2-4,9H,5-8H2,1H3. The van der Waals surface area contributed by atoms with Gasteiger partial charge in [0.2, 0.25) is 0 Å². The second-order valence-electron chi connectivity index (χ2n) is 4.17. The van der Waals surface area contributed by atoms with E-state index in [9.17, 15) is 4.39 Å². The highest BCUT2D eigenvalue weighted by Gasteiger charge is 2.19. The zero-order valence-electron chi connectivity index (χ0n) is 9.25. The minimum Gasteiger partial charge on any atom is -0.489 e. The summed E-state index contributed by atoms with van der Waals surface area (Å²) in [5.41, 5.74) is 0. The van der Waals surface area contributed by atoms with Crippen molar-refractivity contribution < 1.29 is 9.13 Å². The van der Waals surface area contributed by atoms with E-state index in [0.717, 1.165) is 25.9 Å². The number of nitrogens with zero attached hydrogens (tertiary/aromatic N) is 1. The van der Waals surface area contributed by atoms with E-state index in [0.29, 0.717) is 5.75 Å². The molecule has 1 fully saturated rings. The van der Waals surface area contributed by atoms with Crippen LogP contribution in [0.2, 0.25) is 5.02 Å². The first-order valence-corrected chi connectivity index (χ1v) is 5.84. The van der Waals surface area contributed by atoms with Crippen LogP contribution >= 0.6 is 11.6 Å². The van der Waals surface area contributed by atoms with Crippen LogP contribution in [0.4, 0.5) is 4.39 Å². The smallest absolute Gasteiger partial charge is 0.145 e. The molecule has 0 aromatic heterocycles. The van der Waals surface area contributed by atoms with E-state index in [1.54, 1.807) is 12.1 Å². The number of piperidine rings is 1. The van der Waals surface area contributed by atoms with Gasteiger partial charge in [0.05, 0.1) is 0 Å². The Morgan fingerprint density at radius 1 is 1.38 bits per heavy atom. The molecule has 0 atom stereocenters. The lowest BCUT2D eigenvalue weighted by Gasteiger charge is -2.29. The molecule has 0 unspecified atom stereocenters. The largest absolute Gasteiger partial charge is 0.489 e. The van der Waals surface area contributed by atoms with Gasteiger partial charge in [-0.1, -0.05) is 17.7 Å². The number of rotatable bonds is 2. The topological polar surface area (TPSA) is 12.5 Å². The van der Waals surface area contributed by atoms with Gasteiger partial charge in [-0.05, 0) is 32.0 Å². The van der Waals surface area contributed by atoms with Gasteiger partial charge in [0.1, 0.15) is 22.7 Å². The van der Waals surface area contributed by atoms with Crippen molar-refractivity contribution in [1.82, 2.24) is 4.90 Å². The maximum atomic E-state index is 13.2. The molecule has 0 bridgehead atoms. The molecule has 1 aromatic rings. The highest BCUT2D eigenvalue weighted by atomic mass is 35.5. The van der Waals surface area contributed by atoms with Gasteiger partial charge in [0.15, 0.2) is 0 Å². The summed E-state index contributed by atoms with van der Waals surface area (Å²) in [6, 6.07) is 4.67. The number of likely N-dealkylation sites (tertiary alicyclic amines) is 1. The Morgan fingerprint density at radius 3 is 2.75 bits per heavy atom. The third-order valence-electron chi connectivity index (χ3n) is 2.88. The van der Waals surface area contributed by atoms with Crippen LogP contribution in [0, 0.1) is 5.82 Å². The number of ether oxygens (including phenoxy) is 1. The number of benzene rings is 1. The molecular formula is C12H15ClFNO. The van der Waals surface area contributed by atoms with E-state index in [4.69, 9.17) is 16.3 Å². The third kappa shape index (κ3) is 2.66. The lowest BCUT2D eigenvalue weighted by atomic mass is 10.1. The average Bonchev–Trinajstić information content (AvgIpc) is 2.28. The second-order valence-corrected chi connectivity index (χ2v) is 4.55. The fraction of sp³-hybridized carbons (Fsp3) is 0.500.